The van der Waals surface area contributed by atoms with Crippen LogP contribution in [0.2, 0.25) is 0 Å². The van der Waals surface area contributed by atoms with E-state index in [0.717, 1.165) is 35.6 Å². The average Bonchev–Trinajstić information content (AvgIpc) is 3.03. The Morgan fingerprint density at radius 1 is 1.38 bits per heavy atom. The van der Waals surface area contributed by atoms with E-state index >= 15 is 0 Å². The van der Waals surface area contributed by atoms with Gasteiger partial charge in [-0.3, -0.25) is 9.58 Å². The first-order chi connectivity index (χ1) is 11.4. The lowest BCUT2D eigenvalue weighted by Gasteiger charge is -2.24. The minimum Gasteiger partial charge on any atom is -0.331 e. The minimum atomic E-state index is -0.0266. The lowest BCUT2D eigenvalue weighted by molar-refractivity contribution is 0.242. The molecule has 24 heavy (non-hydrogen) atoms. The average molecular weight is 326 g/mol. The molecule has 0 unspecified atom stereocenters. The van der Waals surface area contributed by atoms with Crippen molar-refractivity contribution in [3.63, 3.8) is 0 Å². The van der Waals surface area contributed by atoms with E-state index in [9.17, 15) is 4.79 Å². The van der Waals surface area contributed by atoms with E-state index in [2.05, 4.69) is 37.3 Å². The molecule has 0 spiro atoms. The molecule has 1 aromatic heterocycles. The Morgan fingerprint density at radius 3 is 2.71 bits per heavy atom. The van der Waals surface area contributed by atoms with Gasteiger partial charge in [0.1, 0.15) is 0 Å². The van der Waals surface area contributed by atoms with E-state index in [4.69, 9.17) is 0 Å². The number of benzene rings is 1. The summed E-state index contributed by atoms with van der Waals surface area (Å²) in [7, 11) is 1.94. The van der Waals surface area contributed by atoms with Gasteiger partial charge in [0, 0.05) is 36.5 Å². The van der Waals surface area contributed by atoms with Crippen molar-refractivity contribution in [1.29, 1.82) is 0 Å². The number of urea groups is 1. The molecule has 0 aliphatic carbocycles. The topological polar surface area (TPSA) is 50.2 Å². The van der Waals surface area contributed by atoms with Gasteiger partial charge in [-0.1, -0.05) is 32.0 Å². The van der Waals surface area contributed by atoms with E-state index in [-0.39, 0.29) is 12.1 Å². The lowest BCUT2D eigenvalue weighted by atomic mass is 10.0. The fraction of sp³-hybridized carbons (Fsp3) is 0.474. The third kappa shape index (κ3) is 2.68. The van der Waals surface area contributed by atoms with Gasteiger partial charge in [-0.05, 0) is 31.9 Å². The molecule has 0 saturated heterocycles. The van der Waals surface area contributed by atoms with Gasteiger partial charge >= 0.3 is 6.03 Å². The summed E-state index contributed by atoms with van der Waals surface area (Å²) in [4.78, 5) is 14.8. The van der Waals surface area contributed by atoms with E-state index in [1.54, 1.807) is 0 Å². The van der Waals surface area contributed by atoms with Crippen molar-refractivity contribution < 1.29 is 4.79 Å². The number of nitrogens with zero attached hydrogens (tertiary/aromatic N) is 3. The fourth-order valence-corrected chi connectivity index (χ4v) is 3.71. The Balaban J connectivity index is 1.84. The highest BCUT2D eigenvalue weighted by atomic mass is 16.2. The molecule has 1 aliphatic rings. The van der Waals surface area contributed by atoms with Gasteiger partial charge in [0.25, 0.3) is 0 Å². The summed E-state index contributed by atoms with van der Waals surface area (Å²) >= 11 is 0. The fourth-order valence-electron chi connectivity index (χ4n) is 3.71. The normalized spacial score (nSPS) is 17.7. The molecule has 5 heteroatoms. The van der Waals surface area contributed by atoms with Gasteiger partial charge in [-0.25, -0.2) is 4.79 Å². The zero-order valence-electron chi connectivity index (χ0n) is 15.1. The predicted octanol–water partition coefficient (Wildman–Crippen LogP) is 3.82. The van der Waals surface area contributed by atoms with Crippen LogP contribution in [0.5, 0.6) is 0 Å². The molecule has 0 saturated carbocycles. The Hall–Kier alpha value is -2.30. The van der Waals surface area contributed by atoms with Gasteiger partial charge in [-0.2, -0.15) is 5.10 Å². The van der Waals surface area contributed by atoms with Gasteiger partial charge in [-0.15, -0.1) is 0 Å². The first kappa shape index (κ1) is 16.6. The Bertz CT molecular complexity index is 765. The number of hydrogen-bond acceptors (Lipinski definition) is 2. The molecule has 2 aromatic rings. The molecule has 0 fully saturated rings. The van der Waals surface area contributed by atoms with E-state index < -0.39 is 0 Å². The van der Waals surface area contributed by atoms with Gasteiger partial charge in [0.05, 0.1) is 11.7 Å². The molecular weight excluding hydrogens is 300 g/mol. The van der Waals surface area contributed by atoms with Crippen LogP contribution in [0.3, 0.4) is 0 Å². The Morgan fingerprint density at radius 2 is 2.08 bits per heavy atom. The highest BCUT2D eigenvalue weighted by molar-refractivity contribution is 5.94. The van der Waals surface area contributed by atoms with Gasteiger partial charge < -0.3 is 5.32 Å². The molecule has 5 nitrogen and oxygen atoms in total. The second-order valence-corrected chi connectivity index (χ2v) is 6.69. The Kier molecular flexibility index (Phi) is 4.35. The quantitative estimate of drug-likeness (QED) is 0.932. The largest absolute Gasteiger partial charge is 0.331 e. The number of nitrogens with one attached hydrogen (secondary N) is 1. The maximum absolute atomic E-state index is 12.9. The molecule has 0 bridgehead atoms. The van der Waals surface area contributed by atoms with E-state index in [0.29, 0.717) is 5.92 Å². The maximum Gasteiger partial charge on any atom is 0.322 e. The van der Waals surface area contributed by atoms with Crippen LogP contribution in [0.4, 0.5) is 10.5 Å². The molecule has 1 N–H and O–H groups in total. The van der Waals surface area contributed by atoms with Crippen LogP contribution in [0.25, 0.3) is 0 Å². The van der Waals surface area contributed by atoms with Crippen LogP contribution < -0.4 is 10.2 Å². The van der Waals surface area contributed by atoms with Crippen LogP contribution in [0.1, 0.15) is 54.7 Å². The Labute approximate surface area is 143 Å². The first-order valence-electron chi connectivity index (χ1n) is 8.61. The van der Waals surface area contributed by atoms with Crippen molar-refractivity contribution in [2.75, 3.05) is 11.4 Å². The van der Waals surface area contributed by atoms with Crippen LogP contribution >= 0.6 is 0 Å². The number of hydrogen-bond donors (Lipinski definition) is 1. The summed E-state index contributed by atoms with van der Waals surface area (Å²) in [6.45, 7) is 9.05. The summed E-state index contributed by atoms with van der Waals surface area (Å²) < 4.78 is 1.88. The summed E-state index contributed by atoms with van der Waals surface area (Å²) in [6.07, 6.45) is 0.837. The number of carbonyl (C=O) groups excluding carboxylic acids is 1. The molecular formula is C19H26N4O. The summed E-state index contributed by atoms with van der Waals surface area (Å²) in [5.41, 5.74) is 5.49. The van der Waals surface area contributed by atoms with Gasteiger partial charge in [0.2, 0.25) is 0 Å². The van der Waals surface area contributed by atoms with Crippen LogP contribution in [-0.2, 0) is 7.05 Å². The second kappa shape index (κ2) is 6.30. The number of anilines is 1. The van der Waals surface area contributed by atoms with Crippen molar-refractivity contribution in [3.8, 4) is 0 Å². The molecule has 1 aliphatic heterocycles. The van der Waals surface area contributed by atoms with E-state index in [1.165, 1.54) is 5.56 Å². The third-order valence-electron chi connectivity index (χ3n) is 5.08. The third-order valence-corrected chi connectivity index (χ3v) is 5.08. The van der Waals surface area contributed by atoms with Crippen molar-refractivity contribution in [2.24, 2.45) is 7.05 Å². The molecule has 2 heterocycles. The monoisotopic (exact) mass is 326 g/mol. The van der Waals surface area contributed by atoms with Crippen LogP contribution in [0.15, 0.2) is 24.3 Å². The summed E-state index contributed by atoms with van der Waals surface area (Å²) in [6, 6.07) is 8.12. The first-order valence-corrected chi connectivity index (χ1v) is 8.61. The molecule has 3 rings (SSSR count). The molecule has 2 atom stereocenters. The van der Waals surface area contributed by atoms with Crippen LogP contribution in [-0.4, -0.2) is 22.4 Å². The number of carbonyl (C=O) groups is 1. The summed E-state index contributed by atoms with van der Waals surface area (Å²) in [5.74, 6) is 0.369. The number of amides is 2. The second-order valence-electron chi connectivity index (χ2n) is 6.69. The standard InChI is InChI=1S/C19H26N4O/c1-6-16(18-13(3)21-22(5)14(18)4)20-19(24)23-11-12(2)15-9-7-8-10-17(15)23/h7-10,12,16H,6,11H2,1-5H3,(H,20,24)/t12-,16+/m1/s1. The zero-order valence-corrected chi connectivity index (χ0v) is 15.1. The maximum atomic E-state index is 12.9. The molecule has 2 amide bonds. The number of aromatic nitrogens is 2. The SMILES string of the molecule is CC[C@H](NC(=O)N1C[C@@H](C)c2ccccc21)c1c(C)nn(C)c1C. The van der Waals surface area contributed by atoms with Crippen molar-refractivity contribution in [3.05, 3.63) is 46.8 Å². The number of rotatable bonds is 3. The highest BCUT2D eigenvalue weighted by Crippen LogP contribution is 2.36. The number of aryl methyl sites for hydroxylation is 2. The molecule has 1 aromatic carbocycles. The summed E-state index contributed by atoms with van der Waals surface area (Å²) in [5, 5.41) is 7.70. The van der Waals surface area contributed by atoms with Gasteiger partial charge in [0.15, 0.2) is 0 Å². The molecule has 0 radical (unpaired) electrons. The lowest BCUT2D eigenvalue weighted by Crippen LogP contribution is -2.41. The molecule has 128 valence electrons. The number of para-hydroxylation sites is 1. The van der Waals surface area contributed by atoms with Crippen molar-refractivity contribution >= 4 is 11.7 Å². The smallest absolute Gasteiger partial charge is 0.322 e. The predicted molar refractivity (Wildman–Crippen MR) is 96.4 cm³/mol. The highest BCUT2D eigenvalue weighted by Gasteiger charge is 2.31. The van der Waals surface area contributed by atoms with Crippen molar-refractivity contribution in [2.45, 2.75) is 46.1 Å². The van der Waals surface area contributed by atoms with E-state index in [1.807, 2.05) is 41.8 Å². The number of fused-ring (bicyclic) bond motifs is 1. The zero-order chi connectivity index (χ0) is 17.4. The minimum absolute atomic E-state index is 0.0192. The van der Waals surface area contributed by atoms with Crippen LogP contribution in [0, 0.1) is 13.8 Å². The van der Waals surface area contributed by atoms with Crippen molar-refractivity contribution in [1.82, 2.24) is 15.1 Å².